The first-order valence-electron chi connectivity index (χ1n) is 6.30. The molecule has 1 aliphatic rings. The van der Waals surface area contributed by atoms with Gasteiger partial charge in [-0.25, -0.2) is 0 Å². The number of piperidine rings is 1. The van der Waals surface area contributed by atoms with Crippen LogP contribution in [0.25, 0.3) is 11.0 Å². The summed E-state index contributed by atoms with van der Waals surface area (Å²) in [5.41, 5.74) is 2.32. The Kier molecular flexibility index (Phi) is 2.98. The number of nitro benzene ring substituents is 1. The molecule has 6 nitrogen and oxygen atoms in total. The monoisotopic (exact) mass is 278 g/mol. The molecule has 3 rings (SSSR count). The van der Waals surface area contributed by atoms with Crippen LogP contribution in [0, 0.1) is 14.9 Å². The maximum Gasteiger partial charge on any atom is 0.294 e. The van der Waals surface area contributed by atoms with E-state index in [-0.39, 0.29) is 10.6 Å². The number of rotatable bonds is 2. The highest BCUT2D eigenvalue weighted by molar-refractivity contribution is 7.71. The summed E-state index contributed by atoms with van der Waals surface area (Å²) in [7, 11) is 0. The minimum Gasteiger partial charge on any atom is -0.366 e. The number of benzene rings is 1. The molecule has 0 saturated carbocycles. The van der Waals surface area contributed by atoms with E-state index < -0.39 is 0 Å². The smallest absolute Gasteiger partial charge is 0.294 e. The number of anilines is 1. The van der Waals surface area contributed by atoms with Gasteiger partial charge in [0.2, 0.25) is 0 Å². The summed E-state index contributed by atoms with van der Waals surface area (Å²) >= 11 is 5.03. The summed E-state index contributed by atoms with van der Waals surface area (Å²) in [6.07, 6.45) is 3.36. The summed E-state index contributed by atoms with van der Waals surface area (Å²) in [5.74, 6) is 0. The predicted octanol–water partition coefficient (Wildman–Crippen LogP) is 3.12. The number of hydrogen-bond donors (Lipinski definition) is 2. The van der Waals surface area contributed by atoms with Crippen LogP contribution in [0.5, 0.6) is 0 Å². The number of nitrogens with zero attached hydrogens (tertiary/aromatic N) is 2. The summed E-state index contributed by atoms with van der Waals surface area (Å²) < 4.78 is 0.486. The molecule has 1 fully saturated rings. The standard InChI is InChI=1S/C12H14N4O2S/c17-16(18)11-7-9-8(13-12(19)14-9)6-10(11)15-4-2-1-3-5-15/h6-7H,1-5H2,(H2,13,14,19). The van der Waals surface area contributed by atoms with Gasteiger partial charge in [0, 0.05) is 19.2 Å². The number of aromatic nitrogens is 2. The lowest BCUT2D eigenvalue weighted by molar-refractivity contribution is -0.384. The third kappa shape index (κ3) is 2.21. The lowest BCUT2D eigenvalue weighted by atomic mass is 10.1. The molecule has 0 unspecified atom stereocenters. The van der Waals surface area contributed by atoms with Gasteiger partial charge in [0.25, 0.3) is 5.69 Å². The highest BCUT2D eigenvalue weighted by atomic mass is 32.1. The summed E-state index contributed by atoms with van der Waals surface area (Å²) in [5, 5.41) is 11.2. The molecule has 1 saturated heterocycles. The molecular formula is C12H14N4O2S. The van der Waals surface area contributed by atoms with Gasteiger partial charge in [-0.05, 0) is 37.5 Å². The van der Waals surface area contributed by atoms with E-state index in [2.05, 4.69) is 14.9 Å². The minimum atomic E-state index is -0.326. The maximum absolute atomic E-state index is 11.2. The average molecular weight is 278 g/mol. The van der Waals surface area contributed by atoms with Crippen molar-refractivity contribution in [3.8, 4) is 0 Å². The van der Waals surface area contributed by atoms with Crippen molar-refractivity contribution in [2.45, 2.75) is 19.3 Å². The molecule has 2 heterocycles. The molecule has 2 N–H and O–H groups in total. The third-order valence-corrected chi connectivity index (χ3v) is 3.71. The normalized spacial score (nSPS) is 15.9. The van der Waals surface area contributed by atoms with Crippen LogP contribution < -0.4 is 4.90 Å². The van der Waals surface area contributed by atoms with Crippen molar-refractivity contribution >= 4 is 34.6 Å². The van der Waals surface area contributed by atoms with Crippen molar-refractivity contribution in [1.29, 1.82) is 0 Å². The molecule has 0 atom stereocenters. The Balaban J connectivity index is 2.16. The van der Waals surface area contributed by atoms with E-state index in [1.54, 1.807) is 6.07 Å². The number of fused-ring (bicyclic) bond motifs is 1. The van der Waals surface area contributed by atoms with Crippen LogP contribution in [0.4, 0.5) is 11.4 Å². The lowest BCUT2D eigenvalue weighted by Crippen LogP contribution is -2.29. The van der Waals surface area contributed by atoms with Gasteiger partial charge in [0.15, 0.2) is 4.77 Å². The van der Waals surface area contributed by atoms with Crippen LogP contribution in [0.3, 0.4) is 0 Å². The zero-order valence-electron chi connectivity index (χ0n) is 10.3. The van der Waals surface area contributed by atoms with E-state index in [4.69, 9.17) is 12.2 Å². The summed E-state index contributed by atoms with van der Waals surface area (Å²) in [6, 6.07) is 3.39. The molecule has 7 heteroatoms. The Bertz CT molecular complexity index is 685. The van der Waals surface area contributed by atoms with E-state index in [1.807, 2.05) is 6.07 Å². The van der Waals surface area contributed by atoms with Crippen molar-refractivity contribution in [2.75, 3.05) is 18.0 Å². The number of imidazole rings is 1. The van der Waals surface area contributed by atoms with Crippen LogP contribution in [0.2, 0.25) is 0 Å². The summed E-state index contributed by atoms with van der Waals surface area (Å²) in [4.78, 5) is 18.9. The first kappa shape index (κ1) is 12.2. The van der Waals surface area contributed by atoms with Crippen LogP contribution in [0.1, 0.15) is 19.3 Å². The quantitative estimate of drug-likeness (QED) is 0.502. The second-order valence-electron chi connectivity index (χ2n) is 4.77. The molecule has 0 amide bonds. The minimum absolute atomic E-state index is 0.139. The first-order chi connectivity index (χ1) is 9.15. The Labute approximate surface area is 114 Å². The van der Waals surface area contributed by atoms with Crippen molar-refractivity contribution in [1.82, 2.24) is 9.97 Å². The number of nitro groups is 1. The van der Waals surface area contributed by atoms with Gasteiger partial charge in [0.1, 0.15) is 5.69 Å². The number of nitrogens with one attached hydrogen (secondary N) is 2. The Morgan fingerprint density at radius 3 is 2.42 bits per heavy atom. The van der Waals surface area contributed by atoms with Crippen molar-refractivity contribution in [3.63, 3.8) is 0 Å². The highest BCUT2D eigenvalue weighted by Crippen LogP contribution is 2.33. The van der Waals surface area contributed by atoms with Crippen molar-refractivity contribution in [3.05, 3.63) is 27.0 Å². The molecule has 0 radical (unpaired) electrons. The highest BCUT2D eigenvalue weighted by Gasteiger charge is 2.22. The molecule has 0 bridgehead atoms. The van der Waals surface area contributed by atoms with Crippen molar-refractivity contribution in [2.24, 2.45) is 0 Å². The molecule has 1 aromatic carbocycles. The number of H-pyrrole nitrogens is 2. The van der Waals surface area contributed by atoms with Gasteiger partial charge in [-0.2, -0.15) is 0 Å². The molecule has 19 heavy (non-hydrogen) atoms. The maximum atomic E-state index is 11.2. The molecule has 0 aliphatic carbocycles. The SMILES string of the molecule is O=[N+]([O-])c1cc2[nH]c(=S)[nH]c2cc1N1CCCCC1. The summed E-state index contributed by atoms with van der Waals surface area (Å²) in [6.45, 7) is 1.75. The van der Waals surface area contributed by atoms with E-state index in [0.29, 0.717) is 16.0 Å². The second kappa shape index (κ2) is 4.65. The molecule has 100 valence electrons. The fourth-order valence-corrected chi connectivity index (χ4v) is 2.81. The first-order valence-corrected chi connectivity index (χ1v) is 6.71. The van der Waals surface area contributed by atoms with E-state index in [9.17, 15) is 10.1 Å². The Hall–Kier alpha value is -1.89. The van der Waals surface area contributed by atoms with E-state index in [1.165, 1.54) is 6.42 Å². The topological polar surface area (TPSA) is 78.0 Å². The zero-order chi connectivity index (χ0) is 13.4. The van der Waals surface area contributed by atoms with Crippen LogP contribution >= 0.6 is 12.2 Å². The second-order valence-corrected chi connectivity index (χ2v) is 5.18. The van der Waals surface area contributed by atoms with Crippen LogP contribution in [-0.4, -0.2) is 28.0 Å². The Morgan fingerprint density at radius 2 is 1.79 bits per heavy atom. The van der Waals surface area contributed by atoms with Gasteiger partial charge < -0.3 is 14.9 Å². The third-order valence-electron chi connectivity index (χ3n) is 3.50. The fourth-order valence-electron chi connectivity index (χ4n) is 2.59. The van der Waals surface area contributed by atoms with Gasteiger partial charge in [-0.1, -0.05) is 0 Å². The predicted molar refractivity (Wildman–Crippen MR) is 76.2 cm³/mol. The van der Waals surface area contributed by atoms with E-state index in [0.717, 1.165) is 31.4 Å². The number of aromatic amines is 2. The van der Waals surface area contributed by atoms with Gasteiger partial charge in [-0.15, -0.1) is 0 Å². The molecule has 0 spiro atoms. The molecule has 1 aromatic heterocycles. The largest absolute Gasteiger partial charge is 0.366 e. The van der Waals surface area contributed by atoms with Gasteiger partial charge in [0.05, 0.1) is 16.0 Å². The van der Waals surface area contributed by atoms with Crippen molar-refractivity contribution < 1.29 is 4.92 Å². The van der Waals surface area contributed by atoms with Gasteiger partial charge >= 0.3 is 0 Å². The van der Waals surface area contributed by atoms with E-state index >= 15 is 0 Å². The Morgan fingerprint density at radius 1 is 1.16 bits per heavy atom. The number of hydrogen-bond acceptors (Lipinski definition) is 4. The molecule has 2 aromatic rings. The van der Waals surface area contributed by atoms with Crippen LogP contribution in [-0.2, 0) is 0 Å². The molecule has 1 aliphatic heterocycles. The zero-order valence-corrected chi connectivity index (χ0v) is 11.1. The lowest BCUT2D eigenvalue weighted by Gasteiger charge is -2.28. The fraction of sp³-hybridized carbons (Fsp3) is 0.417. The average Bonchev–Trinajstić information content (AvgIpc) is 2.77. The molecular weight excluding hydrogens is 264 g/mol. The van der Waals surface area contributed by atoms with Crippen LogP contribution in [0.15, 0.2) is 12.1 Å². The van der Waals surface area contributed by atoms with Gasteiger partial charge in [-0.3, -0.25) is 10.1 Å².